The standard InChI is InChI=1S/C25H31N5O10S/c1-10-6-28(23(35)26-18(10)33)15-5-12(13(8-31)37-15)22-30(14(32)9-41-22)21-17-16(39-25(3,4)40-17)20(38-21)29-7-11(2)19(34)27-24(29)36/h6-7,12-13,15-17,20-22,31H,5,8-9H2,1-4H3,(H,26,33,35)(H,27,34,36)/t12-,13+,15+,16+,17-,20+,21-,22+/m0/s1. The fraction of sp³-hybridized carbons (Fsp3) is 0.640. The Morgan fingerprint density at radius 1 is 0.927 bits per heavy atom. The van der Waals surface area contributed by atoms with Gasteiger partial charge >= 0.3 is 11.4 Å². The van der Waals surface area contributed by atoms with Crippen molar-refractivity contribution in [2.24, 2.45) is 5.92 Å². The first-order valence-electron chi connectivity index (χ1n) is 13.2. The average molecular weight is 594 g/mol. The molecule has 16 heteroatoms. The van der Waals surface area contributed by atoms with E-state index in [-0.39, 0.29) is 24.7 Å². The number of nitrogens with one attached hydrogen (secondary N) is 2. The van der Waals surface area contributed by atoms with Crippen molar-refractivity contribution in [1.29, 1.82) is 0 Å². The van der Waals surface area contributed by atoms with Gasteiger partial charge < -0.3 is 29.0 Å². The van der Waals surface area contributed by atoms with Gasteiger partial charge in [0.2, 0.25) is 5.91 Å². The smallest absolute Gasteiger partial charge is 0.330 e. The Labute approximate surface area is 236 Å². The molecule has 0 bridgehead atoms. The number of ether oxygens (including phenoxy) is 4. The molecule has 222 valence electrons. The van der Waals surface area contributed by atoms with Gasteiger partial charge in [0.1, 0.15) is 18.4 Å². The third-order valence-corrected chi connectivity index (χ3v) is 9.26. The molecule has 15 nitrogen and oxygen atoms in total. The first kappa shape index (κ1) is 28.1. The molecule has 4 aliphatic rings. The number of aromatic nitrogens is 4. The summed E-state index contributed by atoms with van der Waals surface area (Å²) < 4.78 is 27.2. The lowest BCUT2D eigenvalue weighted by molar-refractivity contribution is -0.219. The zero-order chi connectivity index (χ0) is 29.4. The SMILES string of the molecule is Cc1cn([C@@H]2O[C@H](N3C(=O)CS[C@@H]3[C@H]3C[C@H](n4cc(C)c(=O)[nH]c4=O)O[C@@H]3CO)[C@H]3OC(C)(C)O[C@H]32)c(=O)[nH]c1=O. The van der Waals surface area contributed by atoms with Crippen LogP contribution in [0.2, 0.25) is 0 Å². The average Bonchev–Trinajstić information content (AvgIpc) is 3.65. The number of aliphatic hydroxyl groups excluding tert-OH is 1. The van der Waals surface area contributed by atoms with Crippen LogP contribution in [-0.4, -0.2) is 83.1 Å². The van der Waals surface area contributed by atoms with Crippen molar-refractivity contribution >= 4 is 17.7 Å². The fourth-order valence-electron chi connectivity index (χ4n) is 6.05. The number of amides is 1. The van der Waals surface area contributed by atoms with Crippen molar-refractivity contribution in [2.75, 3.05) is 12.4 Å². The molecular formula is C25H31N5O10S. The molecule has 1 amide bonds. The number of aromatic amines is 2. The van der Waals surface area contributed by atoms with E-state index in [1.54, 1.807) is 32.6 Å². The van der Waals surface area contributed by atoms with Gasteiger partial charge in [0.05, 0.1) is 23.8 Å². The molecule has 2 aromatic heterocycles. The first-order valence-corrected chi connectivity index (χ1v) is 14.3. The van der Waals surface area contributed by atoms with Crippen LogP contribution in [0.25, 0.3) is 0 Å². The van der Waals surface area contributed by atoms with Crippen molar-refractivity contribution in [1.82, 2.24) is 24.0 Å². The number of fused-ring (bicyclic) bond motifs is 1. The van der Waals surface area contributed by atoms with Crippen LogP contribution in [0.3, 0.4) is 0 Å². The molecule has 4 saturated heterocycles. The van der Waals surface area contributed by atoms with Crippen LogP contribution in [0, 0.1) is 19.8 Å². The van der Waals surface area contributed by atoms with Gasteiger partial charge in [0.25, 0.3) is 11.1 Å². The molecule has 8 atom stereocenters. The van der Waals surface area contributed by atoms with Crippen LogP contribution in [0.1, 0.15) is 43.9 Å². The van der Waals surface area contributed by atoms with Gasteiger partial charge in [0, 0.05) is 35.9 Å². The summed E-state index contributed by atoms with van der Waals surface area (Å²) in [6.45, 7) is 6.21. The Balaban J connectivity index is 1.33. The molecule has 0 radical (unpaired) electrons. The third kappa shape index (κ3) is 4.71. The Bertz CT molecular complexity index is 1610. The summed E-state index contributed by atoms with van der Waals surface area (Å²) in [5.41, 5.74) is -1.72. The molecule has 6 heterocycles. The van der Waals surface area contributed by atoms with Gasteiger partial charge in [-0.05, 0) is 27.7 Å². The monoisotopic (exact) mass is 593 g/mol. The number of hydrogen-bond donors (Lipinski definition) is 3. The van der Waals surface area contributed by atoms with Gasteiger partial charge in [-0.3, -0.25) is 33.5 Å². The molecule has 4 aliphatic heterocycles. The zero-order valence-electron chi connectivity index (χ0n) is 22.8. The lowest BCUT2D eigenvalue weighted by atomic mass is 9.99. The van der Waals surface area contributed by atoms with Gasteiger partial charge in [-0.1, -0.05) is 0 Å². The van der Waals surface area contributed by atoms with Crippen LogP contribution in [0.15, 0.2) is 31.6 Å². The molecule has 41 heavy (non-hydrogen) atoms. The van der Waals surface area contributed by atoms with Crippen molar-refractivity contribution in [2.45, 2.75) is 82.3 Å². The number of aryl methyl sites for hydroxylation is 2. The number of aliphatic hydroxyl groups is 1. The minimum atomic E-state index is -1.04. The van der Waals surface area contributed by atoms with E-state index in [4.69, 9.17) is 18.9 Å². The summed E-state index contributed by atoms with van der Waals surface area (Å²) in [7, 11) is 0. The van der Waals surface area contributed by atoms with Gasteiger partial charge in [-0.25, -0.2) is 9.59 Å². The maximum Gasteiger partial charge on any atom is 0.330 e. The maximum absolute atomic E-state index is 13.4. The second kappa shape index (κ2) is 10.1. The van der Waals surface area contributed by atoms with Crippen molar-refractivity contribution in [3.8, 4) is 0 Å². The van der Waals surface area contributed by atoms with E-state index in [1.165, 1.54) is 33.3 Å². The van der Waals surface area contributed by atoms with Crippen LogP contribution in [-0.2, 0) is 23.7 Å². The van der Waals surface area contributed by atoms with E-state index < -0.39 is 76.6 Å². The Hall–Kier alpha value is -3.02. The van der Waals surface area contributed by atoms with E-state index in [0.29, 0.717) is 11.1 Å². The predicted octanol–water partition coefficient (Wildman–Crippen LogP) is -1.12. The molecule has 4 fully saturated rings. The molecule has 0 aliphatic carbocycles. The highest BCUT2D eigenvalue weighted by atomic mass is 32.2. The fourth-order valence-corrected chi connectivity index (χ4v) is 7.44. The van der Waals surface area contributed by atoms with Crippen molar-refractivity contribution in [3.63, 3.8) is 0 Å². The molecule has 0 spiro atoms. The third-order valence-electron chi connectivity index (χ3n) is 7.92. The number of hydrogen-bond acceptors (Lipinski definition) is 11. The molecular weight excluding hydrogens is 562 g/mol. The van der Waals surface area contributed by atoms with Crippen LogP contribution in [0.5, 0.6) is 0 Å². The van der Waals surface area contributed by atoms with E-state index in [0.717, 1.165) is 0 Å². The van der Waals surface area contributed by atoms with E-state index in [9.17, 15) is 29.1 Å². The van der Waals surface area contributed by atoms with E-state index in [1.807, 2.05) is 0 Å². The molecule has 0 unspecified atom stereocenters. The highest BCUT2D eigenvalue weighted by Crippen LogP contribution is 2.49. The van der Waals surface area contributed by atoms with Gasteiger partial charge in [0.15, 0.2) is 18.2 Å². The lowest BCUT2D eigenvalue weighted by Gasteiger charge is -2.36. The predicted molar refractivity (Wildman–Crippen MR) is 142 cm³/mol. The van der Waals surface area contributed by atoms with E-state index in [2.05, 4.69) is 9.97 Å². The van der Waals surface area contributed by atoms with Gasteiger partial charge in [-0.2, -0.15) is 0 Å². The minimum Gasteiger partial charge on any atom is -0.394 e. The molecule has 3 N–H and O–H groups in total. The summed E-state index contributed by atoms with van der Waals surface area (Å²) in [6.07, 6.45) is -1.94. The maximum atomic E-state index is 13.4. The second-order valence-corrected chi connectivity index (χ2v) is 12.3. The number of H-pyrrole nitrogens is 2. The van der Waals surface area contributed by atoms with E-state index >= 15 is 0 Å². The Kier molecular flexibility index (Phi) is 6.90. The molecule has 6 rings (SSSR count). The summed E-state index contributed by atoms with van der Waals surface area (Å²) in [5, 5.41) is 9.68. The number of carbonyl (C=O) groups excluding carboxylic acids is 1. The minimum absolute atomic E-state index is 0.131. The van der Waals surface area contributed by atoms with Crippen LogP contribution >= 0.6 is 11.8 Å². The topological polar surface area (TPSA) is 187 Å². The number of rotatable bonds is 5. The summed E-state index contributed by atoms with van der Waals surface area (Å²) in [6, 6.07) is 0. The molecule has 0 saturated carbocycles. The number of thioether (sulfide) groups is 1. The highest BCUT2D eigenvalue weighted by Gasteiger charge is 2.61. The zero-order valence-corrected chi connectivity index (χ0v) is 23.6. The Morgan fingerprint density at radius 2 is 1.51 bits per heavy atom. The largest absolute Gasteiger partial charge is 0.394 e. The van der Waals surface area contributed by atoms with Crippen LogP contribution in [0.4, 0.5) is 0 Å². The number of nitrogens with zero attached hydrogens (tertiary/aromatic N) is 3. The summed E-state index contributed by atoms with van der Waals surface area (Å²) in [4.78, 5) is 68.7. The van der Waals surface area contributed by atoms with Crippen molar-refractivity contribution in [3.05, 3.63) is 65.2 Å². The molecule has 0 aromatic carbocycles. The normalized spacial score (nSPS) is 34.5. The van der Waals surface area contributed by atoms with Gasteiger partial charge in [-0.15, -0.1) is 11.8 Å². The quantitative estimate of drug-likeness (QED) is 0.381. The lowest BCUT2D eigenvalue weighted by Crippen LogP contribution is -2.51. The number of carbonyl (C=O) groups is 1. The van der Waals surface area contributed by atoms with Crippen molar-refractivity contribution < 1.29 is 28.8 Å². The first-order chi connectivity index (χ1) is 19.4. The summed E-state index contributed by atoms with van der Waals surface area (Å²) in [5.74, 6) is -1.57. The second-order valence-electron chi connectivity index (χ2n) is 11.2. The van der Waals surface area contributed by atoms with Crippen LogP contribution < -0.4 is 22.5 Å². The molecule has 2 aromatic rings. The highest BCUT2D eigenvalue weighted by molar-refractivity contribution is 8.01. The summed E-state index contributed by atoms with van der Waals surface area (Å²) >= 11 is 1.36. The Morgan fingerprint density at radius 3 is 2.15 bits per heavy atom.